The largest absolute Gasteiger partial charge is 1.00 e. The second-order valence-electron chi connectivity index (χ2n) is 0.365. The molecule has 16 heavy (non-hydrogen) atoms. The van der Waals surface area contributed by atoms with Crippen LogP contribution in [0, 0.1) is 42.7 Å². The van der Waals surface area contributed by atoms with Crippen molar-refractivity contribution in [3.8, 4) is 21.6 Å². The van der Waals surface area contributed by atoms with Gasteiger partial charge in [0.15, 0.2) is 0 Å². The smallest absolute Gasteiger partial charge is 0.696 e. The van der Waals surface area contributed by atoms with Gasteiger partial charge in [0.1, 0.15) is 0 Å². The molecule has 0 saturated heterocycles. The SMILES string of the molecule is N#C[S-].N#C[S-].N#C[S-].N#C[S-].[K+].[K+].[K+].[K+]. The fraction of sp³-hybridized carbons (Fsp3) is 0. The van der Waals surface area contributed by atoms with Crippen LogP contribution in [-0.2, 0) is 50.5 Å². The molecule has 0 aromatic heterocycles. The van der Waals surface area contributed by atoms with E-state index in [2.05, 4.69) is 50.5 Å². The van der Waals surface area contributed by atoms with Crippen LogP contribution in [0.3, 0.4) is 0 Å². The van der Waals surface area contributed by atoms with E-state index in [1.807, 2.05) is 0 Å². The molecule has 0 radical (unpaired) electrons. The van der Waals surface area contributed by atoms with Crippen molar-refractivity contribution < 1.29 is 206 Å². The quantitative estimate of drug-likeness (QED) is 0.229. The Bertz CT molecular complexity index is 166. The summed E-state index contributed by atoms with van der Waals surface area (Å²) < 4.78 is 0. The van der Waals surface area contributed by atoms with Crippen LogP contribution in [0.5, 0.6) is 0 Å². The molecule has 0 bridgehead atoms. The van der Waals surface area contributed by atoms with Crippen LogP contribution < -0.4 is 206 Å². The van der Waals surface area contributed by atoms with Crippen LogP contribution in [0.25, 0.3) is 0 Å². The van der Waals surface area contributed by atoms with Gasteiger partial charge >= 0.3 is 206 Å². The van der Waals surface area contributed by atoms with Crippen LogP contribution in [0.2, 0.25) is 0 Å². The first-order valence-electron chi connectivity index (χ1n) is 1.71. The van der Waals surface area contributed by atoms with Crippen molar-refractivity contribution in [3.63, 3.8) is 0 Å². The van der Waals surface area contributed by atoms with Crippen molar-refractivity contribution in [1.82, 2.24) is 0 Å². The van der Waals surface area contributed by atoms with Gasteiger partial charge in [-0.1, -0.05) is 21.6 Å². The van der Waals surface area contributed by atoms with Gasteiger partial charge in [0.25, 0.3) is 0 Å². The maximum absolute atomic E-state index is 7.13. The Hall–Kier alpha value is 5.39. The fourth-order valence-corrected chi connectivity index (χ4v) is 0. The maximum Gasteiger partial charge on any atom is 1.00 e. The summed E-state index contributed by atoms with van der Waals surface area (Å²) in [4.78, 5) is 0. The summed E-state index contributed by atoms with van der Waals surface area (Å²) in [7, 11) is 0. The van der Waals surface area contributed by atoms with Gasteiger partial charge in [-0.3, -0.25) is 0 Å². The zero-order valence-corrected chi connectivity index (χ0v) is 25.2. The molecule has 0 aliphatic rings. The number of hydrogen-bond donors (Lipinski definition) is 0. The van der Waals surface area contributed by atoms with E-state index in [1.54, 1.807) is 0 Å². The second kappa shape index (κ2) is 87.0. The van der Waals surface area contributed by atoms with Crippen molar-refractivity contribution in [3.05, 3.63) is 0 Å². The number of hydrogen-bond acceptors (Lipinski definition) is 8. The summed E-state index contributed by atoms with van der Waals surface area (Å²) in [6, 6.07) is 0. The first-order valence-corrected chi connectivity index (χ1v) is 3.34. The zero-order chi connectivity index (χ0) is 10.8. The topological polar surface area (TPSA) is 95.2 Å². The van der Waals surface area contributed by atoms with E-state index < -0.39 is 0 Å². The van der Waals surface area contributed by atoms with E-state index in [1.165, 1.54) is 21.6 Å². The van der Waals surface area contributed by atoms with E-state index in [0.717, 1.165) is 0 Å². The van der Waals surface area contributed by atoms with Crippen molar-refractivity contribution in [1.29, 1.82) is 21.0 Å². The third kappa shape index (κ3) is 226. The second-order valence-corrected chi connectivity index (χ2v) is 1.10. The van der Waals surface area contributed by atoms with E-state index in [0.29, 0.717) is 0 Å². The minimum Gasteiger partial charge on any atom is -0.696 e. The summed E-state index contributed by atoms with van der Waals surface area (Å²) >= 11 is 14.8. The number of nitriles is 4. The van der Waals surface area contributed by atoms with Gasteiger partial charge < -0.3 is 50.5 Å². The normalized spacial score (nSPS) is 1.75. The van der Waals surface area contributed by atoms with Crippen molar-refractivity contribution >= 4 is 50.5 Å². The van der Waals surface area contributed by atoms with E-state index in [4.69, 9.17) is 21.0 Å². The molecule has 0 unspecified atom stereocenters. The Morgan fingerprint density at radius 1 is 0.438 bits per heavy atom. The van der Waals surface area contributed by atoms with Crippen LogP contribution in [-0.4, -0.2) is 0 Å². The zero-order valence-electron chi connectivity index (χ0n) is 9.42. The van der Waals surface area contributed by atoms with Crippen molar-refractivity contribution in [2.75, 3.05) is 0 Å². The Morgan fingerprint density at radius 2 is 0.438 bits per heavy atom. The first-order chi connectivity index (χ1) is 5.66. The molecule has 64 valence electrons. The number of thiocyanates is 4. The minimum absolute atomic E-state index is 0. The molecular weight excluding hydrogens is 389 g/mol. The summed E-state index contributed by atoms with van der Waals surface area (Å²) in [5, 5.41) is 33.9. The van der Waals surface area contributed by atoms with E-state index in [9.17, 15) is 0 Å². The van der Waals surface area contributed by atoms with Gasteiger partial charge in [-0.25, -0.2) is 21.0 Å². The van der Waals surface area contributed by atoms with E-state index in [-0.39, 0.29) is 206 Å². The summed E-state index contributed by atoms with van der Waals surface area (Å²) in [6.45, 7) is 0. The fourth-order valence-electron chi connectivity index (χ4n) is 0. The summed E-state index contributed by atoms with van der Waals surface area (Å²) in [5.74, 6) is 0. The Balaban J connectivity index is -0.00000000821. The third-order valence-electron chi connectivity index (χ3n) is 0. The predicted molar refractivity (Wildman–Crippen MR) is 51.9 cm³/mol. The first kappa shape index (κ1) is 49.6. The maximum atomic E-state index is 7.13. The molecule has 0 aliphatic heterocycles. The molecule has 0 amide bonds. The van der Waals surface area contributed by atoms with Gasteiger partial charge in [-0.2, -0.15) is 0 Å². The van der Waals surface area contributed by atoms with Gasteiger partial charge in [0, 0.05) is 0 Å². The number of nitrogens with zero attached hydrogens (tertiary/aromatic N) is 4. The molecule has 0 atom stereocenters. The molecule has 12 heteroatoms. The van der Waals surface area contributed by atoms with Gasteiger partial charge in [0.2, 0.25) is 0 Å². The van der Waals surface area contributed by atoms with Crippen LogP contribution in [0.4, 0.5) is 0 Å². The van der Waals surface area contributed by atoms with Crippen LogP contribution >= 0.6 is 0 Å². The molecule has 4 nitrogen and oxygen atoms in total. The van der Waals surface area contributed by atoms with E-state index >= 15 is 0 Å². The minimum atomic E-state index is 0. The van der Waals surface area contributed by atoms with Gasteiger partial charge in [-0.15, -0.1) is 0 Å². The Labute approximate surface area is 289 Å². The van der Waals surface area contributed by atoms with Gasteiger partial charge in [-0.05, 0) is 0 Å². The van der Waals surface area contributed by atoms with Crippen molar-refractivity contribution in [2.45, 2.75) is 0 Å². The molecule has 0 heterocycles. The monoisotopic (exact) mass is 388 g/mol. The predicted octanol–water partition coefficient (Wildman–Crippen LogP) is -11.9. The van der Waals surface area contributed by atoms with Gasteiger partial charge in [0.05, 0.1) is 0 Å². The number of rotatable bonds is 0. The van der Waals surface area contributed by atoms with Crippen LogP contribution in [0.1, 0.15) is 0 Å². The van der Waals surface area contributed by atoms with Crippen molar-refractivity contribution in [2.24, 2.45) is 0 Å². The molecule has 0 aliphatic carbocycles. The Kier molecular flexibility index (Phi) is 270. The summed E-state index contributed by atoms with van der Waals surface area (Å²) in [6.07, 6.45) is 0. The molecule has 0 N–H and O–H groups in total. The standard InChI is InChI=1S/4CHNS.4K/c4*2-1-3;;;;/h4*3H;;;;/q;;;;4*+1/p-4. The molecular formula is C4K4N4S4. The molecule has 0 spiro atoms. The molecule has 0 fully saturated rings. The molecule has 0 aromatic rings. The molecule has 0 saturated carbocycles. The van der Waals surface area contributed by atoms with Crippen LogP contribution in [0.15, 0.2) is 0 Å². The average molecular weight is 389 g/mol. The summed E-state index contributed by atoms with van der Waals surface area (Å²) in [5.41, 5.74) is 0. The third-order valence-corrected chi connectivity index (χ3v) is 0. The Morgan fingerprint density at radius 3 is 0.438 bits per heavy atom. The molecule has 0 rings (SSSR count). The average Bonchev–Trinajstić information content (AvgIpc) is 1.92. The molecule has 0 aromatic carbocycles.